The molecular formula is C11H14ClN3O2. The van der Waals surface area contributed by atoms with E-state index < -0.39 is 4.92 Å². The van der Waals surface area contributed by atoms with Crippen LogP contribution in [0.3, 0.4) is 0 Å². The summed E-state index contributed by atoms with van der Waals surface area (Å²) >= 11 is 6.00. The third kappa shape index (κ3) is 2.87. The van der Waals surface area contributed by atoms with E-state index >= 15 is 0 Å². The van der Waals surface area contributed by atoms with Gasteiger partial charge in [-0.05, 0) is 18.9 Å². The maximum Gasteiger partial charge on any atom is 0.295 e. The number of nitro groups is 1. The fraction of sp³-hybridized carbons (Fsp3) is 0.455. The van der Waals surface area contributed by atoms with E-state index in [4.69, 9.17) is 11.6 Å². The van der Waals surface area contributed by atoms with Gasteiger partial charge in [0.05, 0.1) is 9.95 Å². The van der Waals surface area contributed by atoms with Crippen LogP contribution in [0.2, 0.25) is 5.02 Å². The number of nitrogens with one attached hydrogen (secondary N) is 1. The van der Waals surface area contributed by atoms with Crippen molar-refractivity contribution in [2.45, 2.75) is 19.3 Å². The van der Waals surface area contributed by atoms with Crippen LogP contribution in [0.4, 0.5) is 11.4 Å². The molecule has 5 nitrogen and oxygen atoms in total. The van der Waals surface area contributed by atoms with Crippen LogP contribution >= 0.6 is 11.6 Å². The molecule has 1 N–H and O–H groups in total. The summed E-state index contributed by atoms with van der Waals surface area (Å²) in [6.07, 6.45) is 3.42. The summed E-state index contributed by atoms with van der Waals surface area (Å²) in [5.41, 5.74) is 3.47. The van der Waals surface area contributed by atoms with E-state index in [1.54, 1.807) is 12.1 Å². The topological polar surface area (TPSA) is 58.4 Å². The first-order valence-electron chi connectivity index (χ1n) is 5.63. The van der Waals surface area contributed by atoms with Crippen molar-refractivity contribution in [3.63, 3.8) is 0 Å². The van der Waals surface area contributed by atoms with Crippen LogP contribution in [0.1, 0.15) is 19.3 Å². The molecule has 0 spiro atoms. The van der Waals surface area contributed by atoms with Crippen LogP contribution in [0.5, 0.6) is 0 Å². The first kappa shape index (κ1) is 12.1. The molecule has 1 aliphatic heterocycles. The van der Waals surface area contributed by atoms with E-state index in [9.17, 15) is 10.1 Å². The van der Waals surface area contributed by atoms with Crippen LogP contribution in [0.25, 0.3) is 0 Å². The second-order valence-corrected chi connectivity index (χ2v) is 4.46. The van der Waals surface area contributed by atoms with Gasteiger partial charge in [-0.25, -0.2) is 5.01 Å². The lowest BCUT2D eigenvalue weighted by Gasteiger charge is -2.27. The van der Waals surface area contributed by atoms with Gasteiger partial charge in [0.15, 0.2) is 0 Å². The minimum atomic E-state index is -0.418. The summed E-state index contributed by atoms with van der Waals surface area (Å²) < 4.78 is 0. The second kappa shape index (κ2) is 5.33. The molecule has 92 valence electrons. The third-order valence-corrected chi connectivity index (χ3v) is 3.13. The molecule has 2 rings (SSSR count). The lowest BCUT2D eigenvalue weighted by atomic mass is 10.2. The zero-order valence-electron chi connectivity index (χ0n) is 9.36. The number of halogens is 1. The smallest absolute Gasteiger partial charge is 0.295 e. The van der Waals surface area contributed by atoms with Crippen LogP contribution in [-0.4, -0.2) is 23.0 Å². The standard InChI is InChI=1S/C11H14ClN3O2/c12-9-5-4-6-10(15(16)17)11(9)13-14-7-2-1-3-8-14/h4-6,13H,1-3,7-8H2. The van der Waals surface area contributed by atoms with E-state index in [2.05, 4.69) is 5.43 Å². The van der Waals surface area contributed by atoms with Gasteiger partial charge in [0, 0.05) is 19.2 Å². The summed E-state index contributed by atoms with van der Waals surface area (Å²) in [7, 11) is 0. The normalized spacial score (nSPS) is 16.8. The number of rotatable bonds is 3. The van der Waals surface area contributed by atoms with Crippen molar-refractivity contribution in [1.82, 2.24) is 5.01 Å². The highest BCUT2D eigenvalue weighted by Gasteiger charge is 2.19. The summed E-state index contributed by atoms with van der Waals surface area (Å²) in [5, 5.41) is 13.3. The van der Waals surface area contributed by atoms with Gasteiger partial charge in [-0.15, -0.1) is 0 Å². The first-order valence-corrected chi connectivity index (χ1v) is 6.01. The van der Waals surface area contributed by atoms with E-state index in [0.717, 1.165) is 25.9 Å². The highest BCUT2D eigenvalue weighted by atomic mass is 35.5. The predicted molar refractivity (Wildman–Crippen MR) is 67.2 cm³/mol. The quantitative estimate of drug-likeness (QED) is 0.666. The van der Waals surface area contributed by atoms with Crippen molar-refractivity contribution in [2.75, 3.05) is 18.5 Å². The summed E-state index contributed by atoms with van der Waals surface area (Å²) in [5.74, 6) is 0. The molecule has 6 heteroatoms. The van der Waals surface area contributed by atoms with E-state index in [1.807, 2.05) is 5.01 Å². The van der Waals surface area contributed by atoms with Crippen LogP contribution < -0.4 is 5.43 Å². The van der Waals surface area contributed by atoms with Crippen LogP contribution in [0.15, 0.2) is 18.2 Å². The Morgan fingerprint density at radius 1 is 1.29 bits per heavy atom. The molecule has 17 heavy (non-hydrogen) atoms. The number of benzene rings is 1. The Morgan fingerprint density at radius 2 is 2.00 bits per heavy atom. The maximum absolute atomic E-state index is 10.9. The Kier molecular flexibility index (Phi) is 3.81. The number of para-hydroxylation sites is 1. The molecular weight excluding hydrogens is 242 g/mol. The number of nitro benzene ring substituents is 1. The minimum absolute atomic E-state index is 0.0167. The number of piperidine rings is 1. The monoisotopic (exact) mass is 255 g/mol. The van der Waals surface area contributed by atoms with E-state index in [1.165, 1.54) is 12.5 Å². The van der Waals surface area contributed by atoms with Gasteiger partial charge in [0.1, 0.15) is 5.69 Å². The highest BCUT2D eigenvalue weighted by molar-refractivity contribution is 6.33. The minimum Gasteiger partial charge on any atom is -0.312 e. The van der Waals surface area contributed by atoms with Gasteiger partial charge in [0.25, 0.3) is 5.69 Å². The number of hydrogen-bond acceptors (Lipinski definition) is 4. The first-order chi connectivity index (χ1) is 8.18. The summed E-state index contributed by atoms with van der Waals surface area (Å²) in [4.78, 5) is 10.5. The maximum atomic E-state index is 10.9. The molecule has 1 fully saturated rings. The van der Waals surface area contributed by atoms with E-state index in [-0.39, 0.29) is 5.69 Å². The molecule has 0 unspecified atom stereocenters. The van der Waals surface area contributed by atoms with Crippen molar-refractivity contribution in [3.8, 4) is 0 Å². The third-order valence-electron chi connectivity index (χ3n) is 2.81. The van der Waals surface area contributed by atoms with Crippen LogP contribution in [-0.2, 0) is 0 Å². The van der Waals surface area contributed by atoms with Gasteiger partial charge >= 0.3 is 0 Å². The van der Waals surface area contributed by atoms with E-state index in [0.29, 0.717) is 10.7 Å². The molecule has 0 bridgehead atoms. The molecule has 1 aromatic carbocycles. The van der Waals surface area contributed by atoms with Gasteiger partial charge in [0.2, 0.25) is 0 Å². The number of anilines is 1. The lowest BCUT2D eigenvalue weighted by Crippen LogP contribution is -2.35. The molecule has 1 aromatic rings. The Balaban J connectivity index is 2.21. The highest BCUT2D eigenvalue weighted by Crippen LogP contribution is 2.32. The Labute approximate surface area is 104 Å². The Hall–Kier alpha value is -1.33. The molecule has 0 amide bonds. The zero-order chi connectivity index (χ0) is 12.3. The molecule has 1 aliphatic rings. The second-order valence-electron chi connectivity index (χ2n) is 4.05. The fourth-order valence-electron chi connectivity index (χ4n) is 1.94. The van der Waals surface area contributed by atoms with Crippen molar-refractivity contribution < 1.29 is 4.92 Å². The molecule has 0 aliphatic carbocycles. The van der Waals surface area contributed by atoms with Gasteiger partial charge in [-0.1, -0.05) is 24.1 Å². The average Bonchev–Trinajstić information content (AvgIpc) is 2.33. The van der Waals surface area contributed by atoms with Crippen molar-refractivity contribution in [3.05, 3.63) is 33.3 Å². The predicted octanol–water partition coefficient (Wildman–Crippen LogP) is 3.06. The molecule has 0 saturated carbocycles. The van der Waals surface area contributed by atoms with Gasteiger partial charge < -0.3 is 5.43 Å². The summed E-state index contributed by atoms with van der Waals surface area (Å²) in [6.45, 7) is 1.78. The lowest BCUT2D eigenvalue weighted by molar-refractivity contribution is -0.384. The van der Waals surface area contributed by atoms with Gasteiger partial charge in [-0.2, -0.15) is 0 Å². The summed E-state index contributed by atoms with van der Waals surface area (Å²) in [6, 6.07) is 4.70. The number of hydrogen-bond donors (Lipinski definition) is 1. The fourth-order valence-corrected chi connectivity index (χ4v) is 2.15. The zero-order valence-corrected chi connectivity index (χ0v) is 10.1. The average molecular weight is 256 g/mol. The molecule has 0 aromatic heterocycles. The van der Waals surface area contributed by atoms with Crippen molar-refractivity contribution in [2.24, 2.45) is 0 Å². The van der Waals surface area contributed by atoms with Gasteiger partial charge in [-0.3, -0.25) is 10.1 Å². The molecule has 1 heterocycles. The molecule has 1 saturated heterocycles. The number of nitrogens with zero attached hydrogens (tertiary/aromatic N) is 2. The largest absolute Gasteiger partial charge is 0.312 e. The Morgan fingerprint density at radius 3 is 2.65 bits per heavy atom. The van der Waals surface area contributed by atoms with Crippen molar-refractivity contribution in [1.29, 1.82) is 0 Å². The number of hydrazine groups is 1. The Bertz CT molecular complexity index is 419. The molecule has 0 radical (unpaired) electrons. The van der Waals surface area contributed by atoms with Crippen molar-refractivity contribution >= 4 is 23.0 Å². The van der Waals surface area contributed by atoms with Crippen LogP contribution in [0, 0.1) is 10.1 Å². The SMILES string of the molecule is O=[N+]([O-])c1cccc(Cl)c1NN1CCCCC1. The molecule has 0 atom stereocenters.